The highest BCUT2D eigenvalue weighted by atomic mass is 15.0. The summed E-state index contributed by atoms with van der Waals surface area (Å²) < 4.78 is 4.72. The van der Waals surface area contributed by atoms with Crippen LogP contribution in [0, 0.1) is 0 Å². The Morgan fingerprint density at radius 1 is 0.212 bits per heavy atom. The summed E-state index contributed by atoms with van der Waals surface area (Å²) in [5, 5.41) is 5.00. The number of hydrogen-bond acceptors (Lipinski definition) is 4. The number of rotatable bonds is 10. The van der Waals surface area contributed by atoms with Crippen molar-refractivity contribution in [2.45, 2.75) is 38.5 Å². The second kappa shape index (κ2) is 24.9. The van der Waals surface area contributed by atoms with E-state index in [1.807, 2.05) is 6.07 Å². The molecular weight excluding hydrogens is 1260 g/mol. The van der Waals surface area contributed by atoms with Gasteiger partial charge in [-0.15, -0.1) is 0 Å². The highest BCUT2D eigenvalue weighted by Gasteiger charge is 2.42. The summed E-state index contributed by atoms with van der Waals surface area (Å²) in [5.41, 5.74) is 31.6. The van der Waals surface area contributed by atoms with Crippen LogP contribution in [-0.2, 0) is 10.8 Å². The van der Waals surface area contributed by atoms with Crippen molar-refractivity contribution in [1.82, 2.24) is 29.1 Å². The first-order chi connectivity index (χ1) is 51.1. The summed E-state index contributed by atoms with van der Waals surface area (Å²) >= 11 is 0. The van der Waals surface area contributed by atoms with Gasteiger partial charge in [-0.2, -0.15) is 0 Å². The zero-order valence-corrected chi connectivity index (χ0v) is 58.2. The van der Waals surface area contributed by atoms with Gasteiger partial charge in [0, 0.05) is 88.3 Å². The number of para-hydroxylation sites is 4. The Kier molecular flexibility index (Phi) is 14.8. The van der Waals surface area contributed by atoms with Crippen LogP contribution in [0.15, 0.2) is 352 Å². The number of aromatic nitrogens is 6. The van der Waals surface area contributed by atoms with E-state index in [2.05, 4.69) is 383 Å². The van der Waals surface area contributed by atoms with Gasteiger partial charge in [0.2, 0.25) is 0 Å². The lowest BCUT2D eigenvalue weighted by molar-refractivity contribution is 0.657. The van der Waals surface area contributed by atoms with Gasteiger partial charge in [0.25, 0.3) is 0 Å². The standard InChI is InChI=1S/2C49H35N3/c1-49(2)42-22-11-9-21-40(42)47-45(49)46(50-48(51-47)37-17-13-16-35(30-37)32-14-5-3-6-15-32)34-26-24-33(25-27-34)36-28-29-44-41(31-36)39-20-10-12-23-43(39)52(44)38-18-7-4-8-19-38;1-49(2)42-19-11-9-18-40(42)47-45(49)46(50-48(51-47)36-27-23-33(24-28-36)32-13-5-3-6-14-32)35-25-21-34(22-26-35)37-29-30-44-41(31-37)39-17-10-12-20-43(39)52(44)38-15-7-4-8-16-38/h2*3-31H,1-2H3. The van der Waals surface area contributed by atoms with Crippen molar-refractivity contribution >= 4 is 43.6 Å². The van der Waals surface area contributed by atoms with Crippen molar-refractivity contribution in [3.63, 3.8) is 0 Å². The molecule has 20 rings (SSSR count). The molecule has 0 bridgehead atoms. The Morgan fingerprint density at radius 3 is 0.971 bits per heavy atom. The molecule has 0 N–H and O–H groups in total. The molecule has 0 fully saturated rings. The Bertz CT molecular complexity index is 6350. The molecule has 14 aromatic carbocycles. The average molecular weight is 1330 g/mol. The molecule has 0 unspecified atom stereocenters. The number of nitrogens with zero attached hydrogens (tertiary/aromatic N) is 6. The van der Waals surface area contributed by atoms with Crippen molar-refractivity contribution in [2.24, 2.45) is 0 Å². The van der Waals surface area contributed by atoms with E-state index < -0.39 is 0 Å². The van der Waals surface area contributed by atoms with Crippen LogP contribution in [-0.4, -0.2) is 29.1 Å². The third kappa shape index (κ3) is 10.4. The lowest BCUT2D eigenvalue weighted by Crippen LogP contribution is -2.17. The SMILES string of the molecule is CC1(C)c2ccccc2-c2nc(-c3ccc(-c4ccccc4)cc3)nc(-c3ccc(-c4ccc5c(c4)c4ccccc4n5-c4ccccc4)cc3)c21.CC1(C)c2ccccc2-c2nc(-c3cccc(-c4ccccc4)c3)nc(-c3ccc(-c4ccc5c(c4)c4ccccc4n5-c4ccccc4)cc3)c21. The number of benzene rings is 14. The Balaban J connectivity index is 0.000000143. The molecule has 2 aliphatic carbocycles. The molecule has 0 radical (unpaired) electrons. The predicted molar refractivity (Wildman–Crippen MR) is 431 cm³/mol. The summed E-state index contributed by atoms with van der Waals surface area (Å²) in [6.45, 7) is 9.20. The van der Waals surface area contributed by atoms with Gasteiger partial charge < -0.3 is 9.13 Å². The van der Waals surface area contributed by atoms with E-state index in [-0.39, 0.29) is 10.8 Å². The molecule has 0 saturated heterocycles. The largest absolute Gasteiger partial charge is 0.309 e. The molecule has 0 aliphatic heterocycles. The predicted octanol–water partition coefficient (Wildman–Crippen LogP) is 25.1. The van der Waals surface area contributed by atoms with Crippen molar-refractivity contribution in [1.29, 1.82) is 0 Å². The quantitative estimate of drug-likeness (QED) is 0.137. The summed E-state index contributed by atoms with van der Waals surface area (Å²) in [7, 11) is 0. The van der Waals surface area contributed by atoms with E-state index in [4.69, 9.17) is 19.9 Å². The minimum Gasteiger partial charge on any atom is -0.309 e. The van der Waals surface area contributed by atoms with Gasteiger partial charge in [0.15, 0.2) is 11.6 Å². The maximum absolute atomic E-state index is 5.39. The van der Waals surface area contributed by atoms with E-state index in [1.165, 1.54) is 127 Å². The van der Waals surface area contributed by atoms with Gasteiger partial charge in [-0.25, -0.2) is 19.9 Å². The fourth-order valence-corrected chi connectivity index (χ4v) is 16.5. The maximum Gasteiger partial charge on any atom is 0.160 e. The van der Waals surface area contributed by atoms with Gasteiger partial charge >= 0.3 is 0 Å². The first-order valence-corrected chi connectivity index (χ1v) is 35.8. The summed E-state index contributed by atoms with van der Waals surface area (Å²) in [4.78, 5) is 21.3. The third-order valence-electron chi connectivity index (χ3n) is 21.6. The van der Waals surface area contributed by atoms with E-state index >= 15 is 0 Å². The van der Waals surface area contributed by atoms with Gasteiger partial charge in [-0.05, 0) is 122 Å². The number of fused-ring (bicyclic) bond motifs is 12. The average Bonchev–Trinajstić information content (AvgIpc) is 1.55. The van der Waals surface area contributed by atoms with Crippen molar-refractivity contribution in [3.8, 4) is 124 Å². The molecule has 0 spiro atoms. The highest BCUT2D eigenvalue weighted by molar-refractivity contribution is 6.12. The second-order valence-corrected chi connectivity index (χ2v) is 28.5. The monoisotopic (exact) mass is 1330 g/mol. The summed E-state index contributed by atoms with van der Waals surface area (Å²) in [5.74, 6) is 1.48. The normalized spacial score (nSPS) is 13.0. The second-order valence-electron chi connectivity index (χ2n) is 28.5. The minimum absolute atomic E-state index is 0.242. The van der Waals surface area contributed by atoms with Gasteiger partial charge in [-0.3, -0.25) is 0 Å². The van der Waals surface area contributed by atoms with Crippen LogP contribution >= 0.6 is 0 Å². The first kappa shape index (κ1) is 61.9. The van der Waals surface area contributed by atoms with Crippen molar-refractivity contribution < 1.29 is 0 Å². The molecule has 6 nitrogen and oxygen atoms in total. The van der Waals surface area contributed by atoms with Gasteiger partial charge in [0.1, 0.15) is 0 Å². The highest BCUT2D eigenvalue weighted by Crippen LogP contribution is 2.54. The van der Waals surface area contributed by atoms with Crippen LogP contribution in [0.4, 0.5) is 0 Å². The molecule has 104 heavy (non-hydrogen) atoms. The molecule has 2 aliphatic rings. The molecular formula is C98H70N6. The van der Waals surface area contributed by atoms with Crippen LogP contribution in [0.25, 0.3) is 167 Å². The zero-order chi connectivity index (χ0) is 69.6. The van der Waals surface area contributed by atoms with E-state index in [0.717, 1.165) is 62.2 Å². The van der Waals surface area contributed by atoms with Crippen LogP contribution in [0.5, 0.6) is 0 Å². The fraction of sp³-hybridized carbons (Fsp3) is 0.0612. The zero-order valence-electron chi connectivity index (χ0n) is 58.2. The van der Waals surface area contributed by atoms with E-state index in [0.29, 0.717) is 0 Å². The van der Waals surface area contributed by atoms with E-state index in [9.17, 15) is 0 Å². The fourth-order valence-electron chi connectivity index (χ4n) is 16.5. The molecule has 0 atom stereocenters. The molecule has 4 aromatic heterocycles. The van der Waals surface area contributed by atoms with Crippen LogP contribution in [0.2, 0.25) is 0 Å². The lowest BCUT2D eigenvalue weighted by Gasteiger charge is -2.24. The minimum atomic E-state index is -0.248. The Hall–Kier alpha value is -13.2. The molecule has 0 saturated carbocycles. The molecule has 6 heteroatoms. The first-order valence-electron chi connectivity index (χ1n) is 35.8. The van der Waals surface area contributed by atoms with E-state index in [1.54, 1.807) is 0 Å². The topological polar surface area (TPSA) is 61.4 Å². The van der Waals surface area contributed by atoms with Crippen LogP contribution in [0.3, 0.4) is 0 Å². The maximum atomic E-state index is 5.39. The van der Waals surface area contributed by atoms with Gasteiger partial charge in [0.05, 0.1) is 44.8 Å². The molecule has 0 amide bonds. The lowest BCUT2D eigenvalue weighted by atomic mass is 9.80. The third-order valence-corrected chi connectivity index (χ3v) is 21.6. The summed E-state index contributed by atoms with van der Waals surface area (Å²) in [6.07, 6.45) is 0. The molecule has 18 aromatic rings. The van der Waals surface area contributed by atoms with Crippen molar-refractivity contribution in [2.75, 3.05) is 0 Å². The smallest absolute Gasteiger partial charge is 0.160 e. The molecule has 492 valence electrons. The van der Waals surface area contributed by atoms with Crippen LogP contribution < -0.4 is 0 Å². The van der Waals surface area contributed by atoms with Gasteiger partial charge in [-0.1, -0.05) is 313 Å². The Morgan fingerprint density at radius 2 is 0.510 bits per heavy atom. The Labute approximate surface area is 605 Å². The number of hydrogen-bond donors (Lipinski definition) is 0. The van der Waals surface area contributed by atoms with Crippen LogP contribution in [0.1, 0.15) is 49.9 Å². The van der Waals surface area contributed by atoms with Crippen molar-refractivity contribution in [3.05, 3.63) is 374 Å². The molecule has 4 heterocycles. The summed E-state index contributed by atoms with van der Waals surface area (Å²) in [6, 6.07) is 126.